The standard InChI is InChI=1S/C28H40O7/c1-19-12-23(34-24(14-19)16-26(29)32-7)13-20(2)15-25(35-27(30)28(3,4)5)18-33-17-21-8-10-22(31-6)11-9-21/h8-11,13,23-25H,1,12,14-18H2,2-7H3/b20-13+/t23-,24+,25-/m0/s1. The number of hydrogen-bond acceptors (Lipinski definition) is 7. The molecule has 1 fully saturated rings. The van der Waals surface area contributed by atoms with Gasteiger partial charge in [0.25, 0.3) is 0 Å². The van der Waals surface area contributed by atoms with Crippen molar-refractivity contribution in [2.45, 2.75) is 78.3 Å². The summed E-state index contributed by atoms with van der Waals surface area (Å²) in [5, 5.41) is 0. The molecule has 0 saturated carbocycles. The Balaban J connectivity index is 2.01. The van der Waals surface area contributed by atoms with Crippen molar-refractivity contribution in [1.82, 2.24) is 0 Å². The van der Waals surface area contributed by atoms with Crippen LogP contribution in [0.1, 0.15) is 58.9 Å². The lowest BCUT2D eigenvalue weighted by Crippen LogP contribution is -2.32. The zero-order valence-corrected chi connectivity index (χ0v) is 21.9. The van der Waals surface area contributed by atoms with Crippen molar-refractivity contribution < 1.29 is 33.3 Å². The van der Waals surface area contributed by atoms with E-state index < -0.39 is 11.5 Å². The number of benzene rings is 1. The van der Waals surface area contributed by atoms with Crippen molar-refractivity contribution in [1.29, 1.82) is 0 Å². The second kappa shape index (κ2) is 13.4. The first kappa shape index (κ1) is 28.6. The molecule has 3 atom stereocenters. The fraction of sp³-hybridized carbons (Fsp3) is 0.571. The average molecular weight is 489 g/mol. The summed E-state index contributed by atoms with van der Waals surface area (Å²) in [6, 6.07) is 7.65. The number of ether oxygens (including phenoxy) is 5. The molecule has 1 heterocycles. The Morgan fingerprint density at radius 2 is 1.86 bits per heavy atom. The highest BCUT2D eigenvalue weighted by Gasteiger charge is 2.28. The first-order valence-corrected chi connectivity index (χ1v) is 12.0. The molecule has 0 amide bonds. The van der Waals surface area contributed by atoms with E-state index in [0.717, 1.165) is 22.5 Å². The zero-order chi connectivity index (χ0) is 26.0. The maximum atomic E-state index is 12.6. The molecule has 7 heteroatoms. The third-order valence-electron chi connectivity index (χ3n) is 5.63. The Morgan fingerprint density at radius 1 is 1.17 bits per heavy atom. The molecule has 0 N–H and O–H groups in total. The Morgan fingerprint density at radius 3 is 2.46 bits per heavy atom. The van der Waals surface area contributed by atoms with Crippen molar-refractivity contribution in [2.75, 3.05) is 20.8 Å². The summed E-state index contributed by atoms with van der Waals surface area (Å²) in [5.74, 6) is 0.212. The number of carbonyl (C=O) groups excluding carboxylic acids is 2. The second-order valence-electron chi connectivity index (χ2n) is 10.1. The molecule has 0 aromatic heterocycles. The molecule has 1 aliphatic rings. The van der Waals surface area contributed by atoms with Gasteiger partial charge in [0.15, 0.2) is 0 Å². The predicted octanol–water partition coefficient (Wildman–Crippen LogP) is 5.17. The average Bonchev–Trinajstić information content (AvgIpc) is 2.78. The maximum Gasteiger partial charge on any atom is 0.311 e. The van der Waals surface area contributed by atoms with Crippen LogP contribution in [0.5, 0.6) is 5.75 Å². The van der Waals surface area contributed by atoms with E-state index in [0.29, 0.717) is 25.9 Å². The van der Waals surface area contributed by atoms with Gasteiger partial charge in [0.2, 0.25) is 0 Å². The Bertz CT molecular complexity index is 880. The molecule has 0 radical (unpaired) electrons. The van der Waals surface area contributed by atoms with Crippen LogP contribution >= 0.6 is 0 Å². The molecular weight excluding hydrogens is 448 g/mol. The lowest BCUT2D eigenvalue weighted by atomic mass is 9.95. The molecule has 35 heavy (non-hydrogen) atoms. The number of rotatable bonds is 11. The van der Waals surface area contributed by atoms with Gasteiger partial charge in [-0.2, -0.15) is 0 Å². The van der Waals surface area contributed by atoms with E-state index in [9.17, 15) is 9.59 Å². The fourth-order valence-corrected chi connectivity index (χ4v) is 3.76. The summed E-state index contributed by atoms with van der Waals surface area (Å²) in [4.78, 5) is 24.2. The quantitative estimate of drug-likeness (QED) is 0.314. The summed E-state index contributed by atoms with van der Waals surface area (Å²) in [5.41, 5.74) is 2.45. The van der Waals surface area contributed by atoms with Crippen LogP contribution in [-0.4, -0.2) is 51.1 Å². The van der Waals surface area contributed by atoms with E-state index >= 15 is 0 Å². The van der Waals surface area contributed by atoms with Gasteiger partial charge in [0.1, 0.15) is 11.9 Å². The second-order valence-corrected chi connectivity index (χ2v) is 10.1. The third-order valence-corrected chi connectivity index (χ3v) is 5.63. The highest BCUT2D eigenvalue weighted by Crippen LogP contribution is 2.27. The van der Waals surface area contributed by atoms with Crippen LogP contribution in [0.25, 0.3) is 0 Å². The summed E-state index contributed by atoms with van der Waals surface area (Å²) in [6.07, 6.45) is 3.19. The first-order chi connectivity index (χ1) is 16.5. The number of carbonyl (C=O) groups is 2. The fourth-order valence-electron chi connectivity index (χ4n) is 3.76. The SMILES string of the molecule is C=C1C[C@H](CC(=O)OC)O[C@H](/C=C(\C)C[C@@H](COCc2ccc(OC)cc2)OC(=O)C(C)(C)C)C1. The normalized spacial score (nSPS) is 19.7. The van der Waals surface area contributed by atoms with Gasteiger partial charge >= 0.3 is 11.9 Å². The largest absolute Gasteiger partial charge is 0.497 e. The van der Waals surface area contributed by atoms with Crippen molar-refractivity contribution in [3.63, 3.8) is 0 Å². The van der Waals surface area contributed by atoms with Gasteiger partial charge in [0, 0.05) is 6.42 Å². The molecule has 1 saturated heterocycles. The smallest absolute Gasteiger partial charge is 0.311 e. The van der Waals surface area contributed by atoms with Crippen LogP contribution < -0.4 is 4.74 Å². The van der Waals surface area contributed by atoms with Crippen molar-refractivity contribution in [3.05, 3.63) is 53.6 Å². The summed E-state index contributed by atoms with van der Waals surface area (Å²) < 4.78 is 27.8. The van der Waals surface area contributed by atoms with Crippen LogP contribution in [0.15, 0.2) is 48.1 Å². The minimum absolute atomic E-state index is 0.190. The summed E-state index contributed by atoms with van der Waals surface area (Å²) >= 11 is 0. The molecule has 0 spiro atoms. The third kappa shape index (κ3) is 10.2. The molecule has 1 aromatic rings. The number of methoxy groups -OCH3 is 2. The number of esters is 2. The Hall–Kier alpha value is -2.64. The van der Waals surface area contributed by atoms with Gasteiger partial charge in [-0.15, -0.1) is 0 Å². The van der Waals surface area contributed by atoms with Gasteiger partial charge in [-0.1, -0.05) is 35.9 Å². The van der Waals surface area contributed by atoms with E-state index in [1.807, 2.05) is 58.0 Å². The molecule has 0 aliphatic carbocycles. The molecule has 194 valence electrons. The van der Waals surface area contributed by atoms with Crippen LogP contribution in [0.4, 0.5) is 0 Å². The monoisotopic (exact) mass is 488 g/mol. The molecule has 0 unspecified atom stereocenters. The molecule has 0 bridgehead atoms. The molecule has 7 nitrogen and oxygen atoms in total. The Kier molecular flexibility index (Phi) is 11.0. The zero-order valence-electron chi connectivity index (χ0n) is 21.9. The van der Waals surface area contributed by atoms with Gasteiger partial charge < -0.3 is 23.7 Å². The molecule has 1 aromatic carbocycles. The van der Waals surface area contributed by atoms with E-state index in [4.69, 9.17) is 23.7 Å². The van der Waals surface area contributed by atoms with E-state index in [1.54, 1.807) is 7.11 Å². The van der Waals surface area contributed by atoms with Crippen molar-refractivity contribution in [2.24, 2.45) is 5.41 Å². The van der Waals surface area contributed by atoms with Crippen LogP contribution in [0.3, 0.4) is 0 Å². The maximum absolute atomic E-state index is 12.6. The van der Waals surface area contributed by atoms with Gasteiger partial charge in [-0.05, 0) is 58.2 Å². The highest BCUT2D eigenvalue weighted by atomic mass is 16.6. The van der Waals surface area contributed by atoms with Crippen LogP contribution in [-0.2, 0) is 35.1 Å². The van der Waals surface area contributed by atoms with E-state index in [1.165, 1.54) is 7.11 Å². The molecule has 2 rings (SSSR count). The Labute approximate surface area is 209 Å². The summed E-state index contributed by atoms with van der Waals surface area (Å²) in [7, 11) is 3.00. The highest BCUT2D eigenvalue weighted by molar-refractivity contribution is 5.75. The van der Waals surface area contributed by atoms with Crippen molar-refractivity contribution in [3.8, 4) is 5.75 Å². The van der Waals surface area contributed by atoms with Crippen LogP contribution in [0.2, 0.25) is 0 Å². The lowest BCUT2D eigenvalue weighted by Gasteiger charge is -2.30. The van der Waals surface area contributed by atoms with Crippen molar-refractivity contribution >= 4 is 11.9 Å². The van der Waals surface area contributed by atoms with Gasteiger partial charge in [-0.25, -0.2) is 0 Å². The molecular formula is C28H40O7. The minimum atomic E-state index is -0.614. The minimum Gasteiger partial charge on any atom is -0.497 e. The van der Waals surface area contributed by atoms with E-state index in [2.05, 4.69) is 6.58 Å². The van der Waals surface area contributed by atoms with Crippen LogP contribution in [0, 0.1) is 5.41 Å². The van der Waals surface area contributed by atoms with E-state index in [-0.39, 0.29) is 37.2 Å². The molecule has 1 aliphatic heterocycles. The predicted molar refractivity (Wildman–Crippen MR) is 134 cm³/mol. The van der Waals surface area contributed by atoms with Gasteiger partial charge in [-0.3, -0.25) is 9.59 Å². The lowest BCUT2D eigenvalue weighted by molar-refractivity contribution is -0.161. The van der Waals surface area contributed by atoms with Gasteiger partial charge in [0.05, 0.1) is 51.5 Å². The first-order valence-electron chi connectivity index (χ1n) is 12.0. The number of hydrogen-bond donors (Lipinski definition) is 0. The summed E-state index contributed by atoms with van der Waals surface area (Å²) in [6.45, 7) is 12.2. The topological polar surface area (TPSA) is 80.3 Å².